The lowest BCUT2D eigenvalue weighted by Crippen LogP contribution is -2.49. The fourth-order valence-electron chi connectivity index (χ4n) is 2.86. The van der Waals surface area contributed by atoms with E-state index in [1.54, 1.807) is 17.4 Å². The molecule has 1 aromatic carbocycles. The van der Waals surface area contributed by atoms with E-state index in [2.05, 4.69) is 4.90 Å². The average Bonchev–Trinajstić information content (AvgIpc) is 3.01. The SMILES string of the molecule is CN1CCN(C(=O)Cc2cccs2)CC1c1ccccc1F. The van der Waals surface area contributed by atoms with Crippen molar-refractivity contribution in [3.05, 3.63) is 58.0 Å². The van der Waals surface area contributed by atoms with Crippen LogP contribution in [0.25, 0.3) is 0 Å². The Morgan fingerprint density at radius 2 is 2.09 bits per heavy atom. The van der Waals surface area contributed by atoms with E-state index < -0.39 is 0 Å². The number of hydrogen-bond acceptors (Lipinski definition) is 3. The highest BCUT2D eigenvalue weighted by Gasteiger charge is 2.29. The van der Waals surface area contributed by atoms with Crippen LogP contribution in [0.3, 0.4) is 0 Å². The molecule has 0 bridgehead atoms. The van der Waals surface area contributed by atoms with Crippen molar-refractivity contribution in [2.24, 2.45) is 0 Å². The van der Waals surface area contributed by atoms with E-state index >= 15 is 0 Å². The zero-order chi connectivity index (χ0) is 15.5. The van der Waals surface area contributed by atoms with Gasteiger partial charge in [-0.3, -0.25) is 9.69 Å². The Kier molecular flexibility index (Phi) is 4.55. The third-order valence-corrected chi connectivity index (χ3v) is 5.05. The zero-order valence-corrected chi connectivity index (χ0v) is 13.4. The molecule has 1 aliphatic rings. The van der Waals surface area contributed by atoms with Gasteiger partial charge >= 0.3 is 0 Å². The van der Waals surface area contributed by atoms with Crippen molar-refractivity contribution in [3.63, 3.8) is 0 Å². The largest absolute Gasteiger partial charge is 0.339 e. The van der Waals surface area contributed by atoms with Crippen LogP contribution in [0.15, 0.2) is 41.8 Å². The number of carbonyl (C=O) groups is 1. The first-order chi connectivity index (χ1) is 10.6. The standard InChI is InChI=1S/C17H19FN2OS/c1-19-8-9-20(17(21)11-13-5-4-10-22-13)12-16(19)14-6-2-3-7-15(14)18/h2-7,10,16H,8-9,11-12H2,1H3. The van der Waals surface area contributed by atoms with E-state index in [1.807, 2.05) is 41.6 Å². The van der Waals surface area contributed by atoms with Gasteiger partial charge in [0.1, 0.15) is 5.82 Å². The second kappa shape index (κ2) is 6.58. The molecule has 1 aliphatic heterocycles. The molecule has 1 atom stereocenters. The van der Waals surface area contributed by atoms with E-state index in [-0.39, 0.29) is 17.8 Å². The molecule has 5 heteroatoms. The van der Waals surface area contributed by atoms with Crippen LogP contribution < -0.4 is 0 Å². The van der Waals surface area contributed by atoms with Gasteiger partial charge in [-0.05, 0) is 24.6 Å². The lowest BCUT2D eigenvalue weighted by atomic mass is 10.0. The van der Waals surface area contributed by atoms with Crippen LogP contribution in [0.1, 0.15) is 16.5 Å². The molecule has 1 amide bonds. The minimum Gasteiger partial charge on any atom is -0.339 e. The van der Waals surface area contributed by atoms with Gasteiger partial charge in [0.15, 0.2) is 0 Å². The van der Waals surface area contributed by atoms with Crippen molar-refractivity contribution < 1.29 is 9.18 Å². The predicted molar refractivity (Wildman–Crippen MR) is 86.4 cm³/mol. The summed E-state index contributed by atoms with van der Waals surface area (Å²) in [6.45, 7) is 2.00. The van der Waals surface area contributed by atoms with Gasteiger partial charge in [-0.1, -0.05) is 24.3 Å². The number of halogens is 1. The monoisotopic (exact) mass is 318 g/mol. The summed E-state index contributed by atoms with van der Waals surface area (Å²) in [6.07, 6.45) is 0.436. The maximum Gasteiger partial charge on any atom is 0.227 e. The first-order valence-electron chi connectivity index (χ1n) is 7.40. The molecule has 3 rings (SSSR count). The van der Waals surface area contributed by atoms with Crippen LogP contribution in [0, 0.1) is 5.82 Å². The lowest BCUT2D eigenvalue weighted by molar-refractivity contribution is -0.133. The number of likely N-dealkylation sites (N-methyl/N-ethyl adjacent to an activating group) is 1. The van der Waals surface area contributed by atoms with Crippen LogP contribution in [-0.2, 0) is 11.2 Å². The van der Waals surface area contributed by atoms with Gasteiger partial charge in [0, 0.05) is 30.1 Å². The van der Waals surface area contributed by atoms with Gasteiger partial charge in [-0.2, -0.15) is 0 Å². The van der Waals surface area contributed by atoms with Crippen molar-refractivity contribution in [2.45, 2.75) is 12.5 Å². The highest BCUT2D eigenvalue weighted by atomic mass is 32.1. The van der Waals surface area contributed by atoms with Crippen LogP contribution in [0.4, 0.5) is 4.39 Å². The molecule has 22 heavy (non-hydrogen) atoms. The Morgan fingerprint density at radius 3 is 2.82 bits per heavy atom. The Hall–Kier alpha value is -1.72. The molecular formula is C17H19FN2OS. The minimum absolute atomic E-state index is 0.0813. The number of rotatable bonds is 3. The summed E-state index contributed by atoms with van der Waals surface area (Å²) in [7, 11) is 1.98. The third kappa shape index (κ3) is 3.20. The Morgan fingerprint density at radius 1 is 1.27 bits per heavy atom. The maximum absolute atomic E-state index is 14.1. The normalized spacial score (nSPS) is 19.4. The third-order valence-electron chi connectivity index (χ3n) is 4.17. The first kappa shape index (κ1) is 15.2. The van der Waals surface area contributed by atoms with Gasteiger partial charge < -0.3 is 4.90 Å². The average molecular weight is 318 g/mol. The fraction of sp³-hybridized carbons (Fsp3) is 0.353. The Bertz CT molecular complexity index is 644. The fourth-order valence-corrected chi connectivity index (χ4v) is 3.55. The van der Waals surface area contributed by atoms with Crippen LogP contribution in [-0.4, -0.2) is 42.4 Å². The van der Waals surface area contributed by atoms with Crippen molar-refractivity contribution >= 4 is 17.2 Å². The number of hydrogen-bond donors (Lipinski definition) is 0. The van der Waals surface area contributed by atoms with E-state index in [0.29, 0.717) is 25.1 Å². The smallest absolute Gasteiger partial charge is 0.227 e. The summed E-state index contributed by atoms with van der Waals surface area (Å²) in [5.74, 6) is -0.0798. The second-order valence-electron chi connectivity index (χ2n) is 5.61. The van der Waals surface area contributed by atoms with Gasteiger partial charge in [0.25, 0.3) is 0 Å². The molecule has 0 aliphatic carbocycles. The van der Waals surface area contributed by atoms with Gasteiger partial charge in [0.05, 0.1) is 12.5 Å². The number of carbonyl (C=O) groups excluding carboxylic acids is 1. The summed E-state index contributed by atoms with van der Waals surface area (Å²) in [5, 5.41) is 1.98. The highest BCUT2D eigenvalue weighted by molar-refractivity contribution is 7.10. The number of benzene rings is 1. The van der Waals surface area contributed by atoms with E-state index in [4.69, 9.17) is 0 Å². The molecule has 1 fully saturated rings. The van der Waals surface area contributed by atoms with E-state index in [1.165, 1.54) is 6.07 Å². The second-order valence-corrected chi connectivity index (χ2v) is 6.65. The molecule has 1 unspecified atom stereocenters. The summed E-state index contributed by atoms with van der Waals surface area (Å²) in [6, 6.07) is 10.7. The number of nitrogens with zero attached hydrogens (tertiary/aromatic N) is 2. The van der Waals surface area contributed by atoms with Crippen molar-refractivity contribution in [1.29, 1.82) is 0 Å². The minimum atomic E-state index is -0.202. The Balaban J connectivity index is 1.73. The summed E-state index contributed by atoms with van der Waals surface area (Å²) in [4.78, 5) is 17.5. The van der Waals surface area contributed by atoms with Crippen molar-refractivity contribution in [2.75, 3.05) is 26.7 Å². The zero-order valence-electron chi connectivity index (χ0n) is 12.5. The predicted octanol–water partition coefficient (Wildman–Crippen LogP) is 2.95. The maximum atomic E-state index is 14.1. The van der Waals surface area contributed by atoms with E-state index in [0.717, 1.165) is 11.4 Å². The molecule has 116 valence electrons. The number of thiophene rings is 1. The van der Waals surface area contributed by atoms with Crippen molar-refractivity contribution in [1.82, 2.24) is 9.80 Å². The molecule has 1 saturated heterocycles. The van der Waals surface area contributed by atoms with Crippen LogP contribution in [0.5, 0.6) is 0 Å². The molecule has 2 aromatic rings. The molecule has 0 spiro atoms. The molecule has 0 N–H and O–H groups in total. The van der Waals surface area contributed by atoms with Gasteiger partial charge in [-0.25, -0.2) is 4.39 Å². The molecule has 2 heterocycles. The number of piperazine rings is 1. The molecule has 3 nitrogen and oxygen atoms in total. The van der Waals surface area contributed by atoms with Gasteiger partial charge in [0.2, 0.25) is 5.91 Å². The van der Waals surface area contributed by atoms with Crippen molar-refractivity contribution in [3.8, 4) is 0 Å². The van der Waals surface area contributed by atoms with E-state index in [9.17, 15) is 9.18 Å². The summed E-state index contributed by atoms with van der Waals surface area (Å²) < 4.78 is 14.1. The topological polar surface area (TPSA) is 23.6 Å². The molecule has 0 radical (unpaired) electrons. The van der Waals surface area contributed by atoms with Crippen LogP contribution in [0.2, 0.25) is 0 Å². The highest BCUT2D eigenvalue weighted by Crippen LogP contribution is 2.26. The summed E-state index contributed by atoms with van der Waals surface area (Å²) in [5.41, 5.74) is 0.665. The van der Waals surface area contributed by atoms with Gasteiger partial charge in [-0.15, -0.1) is 11.3 Å². The number of amides is 1. The molecule has 0 saturated carbocycles. The first-order valence-corrected chi connectivity index (χ1v) is 8.28. The quantitative estimate of drug-likeness (QED) is 0.869. The lowest BCUT2D eigenvalue weighted by Gasteiger charge is -2.39. The summed E-state index contributed by atoms with van der Waals surface area (Å²) >= 11 is 1.60. The molecular weight excluding hydrogens is 299 g/mol. The Labute approximate surface area is 134 Å². The van der Waals surface area contributed by atoms with Crippen LogP contribution >= 0.6 is 11.3 Å². The molecule has 1 aromatic heterocycles.